The molecule has 2 atom stereocenters. The molecule has 0 bridgehead atoms. The molecule has 0 radical (unpaired) electrons. The SMILES string of the molecule is C[C@H](NC(=O)CN1CCc2sccc2[C@@H]1C)c1ccc(Br)cc1. The summed E-state index contributed by atoms with van der Waals surface area (Å²) in [4.78, 5) is 16.1. The molecule has 3 nitrogen and oxygen atoms in total. The lowest BCUT2D eigenvalue weighted by Gasteiger charge is -2.33. The van der Waals surface area contributed by atoms with Crippen molar-refractivity contribution < 1.29 is 4.79 Å². The van der Waals surface area contributed by atoms with Gasteiger partial charge in [0.15, 0.2) is 0 Å². The summed E-state index contributed by atoms with van der Waals surface area (Å²) in [6.07, 6.45) is 1.05. The first-order valence-electron chi connectivity index (χ1n) is 7.89. The van der Waals surface area contributed by atoms with Gasteiger partial charge >= 0.3 is 0 Å². The second kappa shape index (κ2) is 7.16. The maximum absolute atomic E-state index is 12.4. The second-order valence-electron chi connectivity index (χ2n) is 6.04. The Morgan fingerprint density at radius 3 is 2.87 bits per heavy atom. The van der Waals surface area contributed by atoms with E-state index in [9.17, 15) is 4.79 Å². The number of amides is 1. The average molecular weight is 393 g/mol. The van der Waals surface area contributed by atoms with Crippen LogP contribution in [-0.4, -0.2) is 23.9 Å². The Kier molecular flexibility index (Phi) is 5.19. The van der Waals surface area contributed by atoms with Crippen molar-refractivity contribution in [2.45, 2.75) is 32.4 Å². The van der Waals surface area contributed by atoms with Gasteiger partial charge < -0.3 is 5.32 Å². The van der Waals surface area contributed by atoms with E-state index < -0.39 is 0 Å². The number of hydrogen-bond acceptors (Lipinski definition) is 3. The highest BCUT2D eigenvalue weighted by molar-refractivity contribution is 9.10. The fraction of sp³-hybridized carbons (Fsp3) is 0.389. The maximum atomic E-state index is 12.4. The van der Waals surface area contributed by atoms with Crippen molar-refractivity contribution in [2.75, 3.05) is 13.1 Å². The highest BCUT2D eigenvalue weighted by atomic mass is 79.9. The average Bonchev–Trinajstić information content (AvgIpc) is 3.00. The van der Waals surface area contributed by atoms with Crippen LogP contribution in [0.15, 0.2) is 40.2 Å². The zero-order valence-electron chi connectivity index (χ0n) is 13.4. The van der Waals surface area contributed by atoms with Gasteiger partial charge in [-0.3, -0.25) is 9.69 Å². The lowest BCUT2D eigenvalue weighted by molar-refractivity contribution is -0.123. The van der Waals surface area contributed by atoms with Gasteiger partial charge in [0.05, 0.1) is 12.6 Å². The molecule has 0 saturated carbocycles. The minimum atomic E-state index is 0.0207. The minimum Gasteiger partial charge on any atom is -0.348 e. The van der Waals surface area contributed by atoms with E-state index in [1.54, 1.807) is 0 Å². The third kappa shape index (κ3) is 3.84. The highest BCUT2D eigenvalue weighted by Gasteiger charge is 2.26. The van der Waals surface area contributed by atoms with Gasteiger partial charge in [0, 0.05) is 21.9 Å². The number of carbonyl (C=O) groups excluding carboxylic acids is 1. The van der Waals surface area contributed by atoms with Crippen LogP contribution in [0.4, 0.5) is 0 Å². The first-order valence-corrected chi connectivity index (χ1v) is 9.57. The van der Waals surface area contributed by atoms with Crippen molar-refractivity contribution in [3.8, 4) is 0 Å². The number of fused-ring (bicyclic) bond motifs is 1. The second-order valence-corrected chi connectivity index (χ2v) is 7.95. The third-order valence-corrected chi connectivity index (χ3v) is 6.02. The van der Waals surface area contributed by atoms with E-state index in [4.69, 9.17) is 0 Å². The molecular weight excluding hydrogens is 372 g/mol. The highest BCUT2D eigenvalue weighted by Crippen LogP contribution is 2.32. The monoisotopic (exact) mass is 392 g/mol. The van der Waals surface area contributed by atoms with Crippen LogP contribution < -0.4 is 5.32 Å². The Labute approximate surface area is 149 Å². The number of halogens is 1. The summed E-state index contributed by atoms with van der Waals surface area (Å²) in [5.41, 5.74) is 2.50. The summed E-state index contributed by atoms with van der Waals surface area (Å²) in [5, 5.41) is 5.26. The molecule has 23 heavy (non-hydrogen) atoms. The predicted molar refractivity (Wildman–Crippen MR) is 98.7 cm³/mol. The zero-order chi connectivity index (χ0) is 16.4. The van der Waals surface area contributed by atoms with E-state index in [0.717, 1.165) is 23.0 Å². The Morgan fingerprint density at radius 2 is 2.13 bits per heavy atom. The number of thiophene rings is 1. The number of rotatable bonds is 4. The first kappa shape index (κ1) is 16.7. The van der Waals surface area contributed by atoms with E-state index in [1.807, 2.05) is 42.5 Å². The van der Waals surface area contributed by atoms with Crippen molar-refractivity contribution in [2.24, 2.45) is 0 Å². The van der Waals surface area contributed by atoms with Gasteiger partial charge in [-0.25, -0.2) is 0 Å². The topological polar surface area (TPSA) is 32.3 Å². The summed E-state index contributed by atoms with van der Waals surface area (Å²) >= 11 is 5.26. The molecular formula is C18H21BrN2OS. The smallest absolute Gasteiger partial charge is 0.234 e. The molecule has 2 heterocycles. The molecule has 1 amide bonds. The normalized spacial score (nSPS) is 19.2. The lowest BCUT2D eigenvalue weighted by Crippen LogP contribution is -2.42. The number of carbonyl (C=O) groups is 1. The van der Waals surface area contributed by atoms with Gasteiger partial charge in [-0.15, -0.1) is 11.3 Å². The van der Waals surface area contributed by atoms with Gasteiger partial charge in [-0.1, -0.05) is 28.1 Å². The Morgan fingerprint density at radius 1 is 1.39 bits per heavy atom. The Balaban J connectivity index is 1.58. The van der Waals surface area contributed by atoms with Crippen molar-refractivity contribution in [1.82, 2.24) is 10.2 Å². The molecule has 1 N–H and O–H groups in total. The summed E-state index contributed by atoms with van der Waals surface area (Å²) < 4.78 is 1.05. The first-order chi connectivity index (χ1) is 11.0. The van der Waals surface area contributed by atoms with Crippen LogP contribution in [0.1, 0.15) is 41.9 Å². The van der Waals surface area contributed by atoms with Gasteiger partial charge in [-0.05, 0) is 55.0 Å². The molecule has 0 aliphatic carbocycles. The third-order valence-electron chi connectivity index (χ3n) is 4.50. The van der Waals surface area contributed by atoms with Crippen LogP contribution in [0.3, 0.4) is 0 Å². The lowest BCUT2D eigenvalue weighted by atomic mass is 10.0. The fourth-order valence-corrected chi connectivity index (χ4v) is 4.31. The van der Waals surface area contributed by atoms with E-state index >= 15 is 0 Å². The molecule has 1 aromatic heterocycles. The maximum Gasteiger partial charge on any atom is 0.234 e. The largest absolute Gasteiger partial charge is 0.348 e. The molecule has 0 saturated heterocycles. The van der Waals surface area contributed by atoms with E-state index in [1.165, 1.54) is 10.4 Å². The molecule has 0 spiro atoms. The van der Waals surface area contributed by atoms with Crippen LogP contribution >= 0.6 is 27.3 Å². The van der Waals surface area contributed by atoms with Gasteiger partial charge in [0.2, 0.25) is 5.91 Å². The quantitative estimate of drug-likeness (QED) is 0.840. The zero-order valence-corrected chi connectivity index (χ0v) is 15.8. The van der Waals surface area contributed by atoms with E-state index in [2.05, 4.69) is 44.5 Å². The molecule has 2 aromatic rings. The summed E-state index contributed by atoms with van der Waals surface area (Å²) in [6, 6.07) is 10.6. The van der Waals surface area contributed by atoms with Crippen LogP contribution in [0.25, 0.3) is 0 Å². The molecule has 0 fully saturated rings. The van der Waals surface area contributed by atoms with Crippen molar-refractivity contribution in [1.29, 1.82) is 0 Å². The van der Waals surface area contributed by atoms with Crippen LogP contribution in [0, 0.1) is 0 Å². The van der Waals surface area contributed by atoms with Crippen molar-refractivity contribution in [3.63, 3.8) is 0 Å². The van der Waals surface area contributed by atoms with Gasteiger partial charge in [0.25, 0.3) is 0 Å². The number of benzene rings is 1. The van der Waals surface area contributed by atoms with Gasteiger partial charge in [0.1, 0.15) is 0 Å². The number of hydrogen-bond donors (Lipinski definition) is 1. The fourth-order valence-electron chi connectivity index (χ4n) is 3.08. The summed E-state index contributed by atoms with van der Waals surface area (Å²) in [5.74, 6) is 0.0888. The summed E-state index contributed by atoms with van der Waals surface area (Å²) in [7, 11) is 0. The summed E-state index contributed by atoms with van der Waals surface area (Å²) in [6.45, 7) is 5.62. The molecule has 0 unspecified atom stereocenters. The van der Waals surface area contributed by atoms with E-state index in [-0.39, 0.29) is 11.9 Å². The molecule has 5 heteroatoms. The Bertz CT molecular complexity index is 683. The van der Waals surface area contributed by atoms with Crippen LogP contribution in [0.2, 0.25) is 0 Å². The van der Waals surface area contributed by atoms with Crippen LogP contribution in [-0.2, 0) is 11.2 Å². The Hall–Kier alpha value is -1.17. The molecule has 1 aliphatic rings. The molecule has 1 aliphatic heterocycles. The molecule has 122 valence electrons. The predicted octanol–water partition coefficient (Wildman–Crippen LogP) is 4.31. The van der Waals surface area contributed by atoms with Crippen molar-refractivity contribution >= 4 is 33.2 Å². The number of nitrogens with zero attached hydrogens (tertiary/aromatic N) is 1. The standard InChI is InChI=1S/C18H21BrN2OS/c1-12(14-3-5-15(19)6-4-14)20-18(22)11-21-9-7-17-16(13(21)2)8-10-23-17/h3-6,8,10,12-13H,7,9,11H2,1-2H3,(H,20,22)/t12-,13-/m0/s1. The van der Waals surface area contributed by atoms with E-state index in [0.29, 0.717) is 12.6 Å². The number of nitrogens with one attached hydrogen (secondary N) is 1. The van der Waals surface area contributed by atoms with Crippen LogP contribution in [0.5, 0.6) is 0 Å². The molecule has 1 aromatic carbocycles. The van der Waals surface area contributed by atoms with Crippen molar-refractivity contribution in [3.05, 3.63) is 56.2 Å². The molecule has 3 rings (SSSR count). The van der Waals surface area contributed by atoms with Gasteiger partial charge in [-0.2, -0.15) is 0 Å². The minimum absolute atomic E-state index is 0.0207.